The van der Waals surface area contributed by atoms with E-state index in [4.69, 9.17) is 0 Å². The maximum absolute atomic E-state index is 2.66. The molecule has 0 spiro atoms. The number of aryl methyl sites for hydroxylation is 6. The van der Waals surface area contributed by atoms with Gasteiger partial charge in [0, 0.05) is 32.3 Å². The first kappa shape index (κ1) is 30.5. The van der Waals surface area contributed by atoms with Crippen LogP contribution in [0, 0.1) is 83.1 Å². The van der Waals surface area contributed by atoms with E-state index in [9.17, 15) is 0 Å². The highest BCUT2D eigenvalue weighted by Gasteiger charge is 2.26. The van der Waals surface area contributed by atoms with Crippen LogP contribution >= 0.6 is 0 Å². The molecule has 0 unspecified atom stereocenters. The lowest BCUT2D eigenvalue weighted by Gasteiger charge is -2.13. The summed E-state index contributed by atoms with van der Waals surface area (Å²) in [4.78, 5) is 0. The quantitative estimate of drug-likeness (QED) is 0.153. The lowest BCUT2D eigenvalue weighted by atomic mass is 9.94. The Morgan fingerprint density at radius 1 is 0.255 bits per heavy atom. The molecule has 0 aliphatic carbocycles. The number of rotatable bonds is 0. The lowest BCUT2D eigenvalue weighted by Crippen LogP contribution is -1.97. The van der Waals surface area contributed by atoms with Crippen LogP contribution in [0.4, 0.5) is 0 Å². The van der Waals surface area contributed by atoms with E-state index in [0.717, 1.165) is 0 Å². The molecule has 3 nitrogen and oxygen atoms in total. The molecule has 10 rings (SSSR count). The summed E-state index contributed by atoms with van der Waals surface area (Å²) in [7, 11) is 0. The van der Waals surface area contributed by atoms with Gasteiger partial charge in [0.1, 0.15) is 0 Å². The zero-order valence-electron chi connectivity index (χ0n) is 32.0. The van der Waals surface area contributed by atoms with Crippen molar-refractivity contribution in [3.8, 4) is 0 Å². The molecule has 4 aromatic heterocycles. The molecule has 0 bridgehead atoms. The largest absolute Gasteiger partial charge is 0.305 e. The second-order valence-corrected chi connectivity index (χ2v) is 15.7. The molecule has 4 heterocycles. The second-order valence-electron chi connectivity index (χ2n) is 15.7. The fourth-order valence-electron chi connectivity index (χ4n) is 10.2. The van der Waals surface area contributed by atoms with E-state index in [1.165, 1.54) is 149 Å². The summed E-state index contributed by atoms with van der Waals surface area (Å²) < 4.78 is 7.97. The van der Waals surface area contributed by atoms with Crippen LogP contribution in [0.3, 0.4) is 0 Å². The van der Waals surface area contributed by atoms with Crippen molar-refractivity contribution in [3.05, 3.63) is 121 Å². The zero-order chi connectivity index (χ0) is 35.7. The van der Waals surface area contributed by atoms with Crippen LogP contribution < -0.4 is 0 Å². The van der Waals surface area contributed by atoms with Gasteiger partial charge in [-0.05, 0) is 168 Å². The minimum Gasteiger partial charge on any atom is -0.305 e. The molecule has 10 aromatic rings. The number of para-hydroxylation sites is 3. The zero-order valence-corrected chi connectivity index (χ0v) is 32.0. The summed E-state index contributed by atoms with van der Waals surface area (Å²) in [6.45, 7) is 27.9. The monoisotopic (exact) mass is 663 g/mol. The van der Waals surface area contributed by atoms with Gasteiger partial charge in [-0.1, -0.05) is 36.4 Å². The van der Waals surface area contributed by atoms with Crippen LogP contribution in [0.2, 0.25) is 0 Å². The summed E-state index contributed by atoms with van der Waals surface area (Å²) in [6.07, 6.45) is 0. The molecule has 0 radical (unpaired) electrons. The first-order valence-corrected chi connectivity index (χ1v) is 18.5. The van der Waals surface area contributed by atoms with Crippen molar-refractivity contribution in [2.45, 2.75) is 83.1 Å². The fraction of sp³-hybridized carbons (Fsp3) is 0.250. The predicted octanol–water partition coefficient (Wildman–Crippen LogP) is 13.1. The first-order chi connectivity index (χ1) is 24.4. The van der Waals surface area contributed by atoms with Crippen LogP contribution in [-0.4, -0.2) is 13.2 Å². The van der Waals surface area contributed by atoms with Gasteiger partial charge in [-0.2, -0.15) is 0 Å². The topological polar surface area (TPSA) is 13.2 Å². The van der Waals surface area contributed by atoms with E-state index < -0.39 is 0 Å². The number of benzene rings is 6. The molecule has 3 heteroatoms. The fourth-order valence-corrected chi connectivity index (χ4v) is 10.2. The third-order valence-electron chi connectivity index (χ3n) is 13.9. The van der Waals surface area contributed by atoms with Gasteiger partial charge >= 0.3 is 0 Å². The Kier molecular flexibility index (Phi) is 5.83. The van der Waals surface area contributed by atoms with Gasteiger partial charge in [0.25, 0.3) is 0 Å². The Labute approximate surface area is 298 Å². The number of hydrogen-bond acceptors (Lipinski definition) is 0. The maximum Gasteiger partial charge on any atom is 0.0783 e. The molecule has 6 aromatic carbocycles. The Hall–Kier alpha value is -5.28. The van der Waals surface area contributed by atoms with Crippen LogP contribution in [0.1, 0.15) is 66.8 Å². The Morgan fingerprint density at radius 2 is 0.490 bits per heavy atom. The van der Waals surface area contributed by atoms with E-state index in [0.29, 0.717) is 0 Å². The van der Waals surface area contributed by atoms with E-state index in [1.54, 1.807) is 0 Å². The Bertz CT molecular complexity index is 2940. The van der Waals surface area contributed by atoms with E-state index in [-0.39, 0.29) is 0 Å². The van der Waals surface area contributed by atoms with E-state index in [2.05, 4.69) is 151 Å². The van der Waals surface area contributed by atoms with Crippen LogP contribution in [-0.2, 0) is 0 Å². The van der Waals surface area contributed by atoms with E-state index in [1.807, 2.05) is 0 Å². The van der Waals surface area contributed by atoms with Crippen molar-refractivity contribution in [3.63, 3.8) is 0 Å². The van der Waals surface area contributed by atoms with Gasteiger partial charge < -0.3 is 13.2 Å². The third-order valence-corrected chi connectivity index (χ3v) is 13.9. The van der Waals surface area contributed by atoms with Crippen LogP contribution in [0.25, 0.3) is 82.0 Å². The number of fused-ring (bicyclic) bond motifs is 12. The summed E-state index contributed by atoms with van der Waals surface area (Å²) in [5.41, 5.74) is 28.0. The number of nitrogens with zero attached hydrogens (tertiary/aromatic N) is 3. The third kappa shape index (κ3) is 3.32. The molecule has 0 amide bonds. The van der Waals surface area contributed by atoms with Gasteiger partial charge in [-0.3, -0.25) is 0 Å². The van der Waals surface area contributed by atoms with Crippen molar-refractivity contribution < 1.29 is 0 Å². The second kappa shape index (κ2) is 9.73. The normalized spacial score (nSPS) is 12.7. The van der Waals surface area contributed by atoms with Crippen molar-refractivity contribution in [1.29, 1.82) is 0 Å². The van der Waals surface area contributed by atoms with Gasteiger partial charge in [0.2, 0.25) is 0 Å². The van der Waals surface area contributed by atoms with Crippen LogP contribution in [0.15, 0.2) is 54.6 Å². The molecule has 51 heavy (non-hydrogen) atoms. The molecule has 0 fully saturated rings. The highest BCUT2D eigenvalue weighted by molar-refractivity contribution is 6.24. The summed E-state index contributed by atoms with van der Waals surface area (Å²) in [5.74, 6) is 0. The SMILES string of the molecule is Cc1c(C)c(C)c2c(c1C)c1cccc3c1n2c1cccc2c4c(C)c(C)c(C)c(C)c4n(c4cccc5c6c(C)c(C)c(C)c(C)c6n3c54)c21. The van der Waals surface area contributed by atoms with Gasteiger partial charge in [0.15, 0.2) is 0 Å². The Morgan fingerprint density at radius 3 is 0.745 bits per heavy atom. The smallest absolute Gasteiger partial charge is 0.0783 e. The first-order valence-electron chi connectivity index (χ1n) is 18.5. The molecular formula is C48H45N3. The molecule has 0 saturated heterocycles. The lowest BCUT2D eigenvalue weighted by molar-refractivity contribution is 1.21. The molecular weight excluding hydrogens is 619 g/mol. The van der Waals surface area contributed by atoms with Gasteiger partial charge in [0.05, 0.1) is 49.7 Å². The van der Waals surface area contributed by atoms with E-state index >= 15 is 0 Å². The average molecular weight is 664 g/mol. The number of aromatic nitrogens is 3. The predicted molar refractivity (Wildman–Crippen MR) is 221 cm³/mol. The summed E-state index contributed by atoms with van der Waals surface area (Å²) >= 11 is 0. The molecule has 0 N–H and O–H groups in total. The van der Waals surface area contributed by atoms with Crippen molar-refractivity contribution >= 4 is 82.0 Å². The summed E-state index contributed by atoms with van der Waals surface area (Å²) in [6, 6.07) is 21.1. The number of hydrogen-bond donors (Lipinski definition) is 0. The minimum atomic E-state index is 1.24. The van der Waals surface area contributed by atoms with Crippen molar-refractivity contribution in [1.82, 2.24) is 13.2 Å². The minimum absolute atomic E-state index is 1.24. The molecule has 0 aliphatic rings. The highest BCUT2D eigenvalue weighted by atomic mass is 15.0. The molecule has 0 atom stereocenters. The molecule has 0 saturated carbocycles. The van der Waals surface area contributed by atoms with Gasteiger partial charge in [-0.25, -0.2) is 0 Å². The molecule has 252 valence electrons. The summed E-state index contributed by atoms with van der Waals surface area (Å²) in [5, 5.41) is 8.06. The van der Waals surface area contributed by atoms with Crippen LogP contribution in [0.5, 0.6) is 0 Å². The van der Waals surface area contributed by atoms with Gasteiger partial charge in [-0.15, -0.1) is 0 Å². The standard InChI is InChI=1S/C48H45N3/c1-22-25(4)31(10)43-40(28(22)7)34-16-13-19-37-46(34)49(43)38-20-14-17-35-41-29(8)24(3)27(6)33(12)45(41)51(47(35)38)39-21-15-18-36-42-30(9)23(2)26(5)32(11)44(42)50(37)48(36)39/h13-21H,1-12H3. The van der Waals surface area contributed by atoms with Crippen molar-refractivity contribution in [2.75, 3.05) is 0 Å². The Balaban J connectivity index is 1.77. The van der Waals surface area contributed by atoms with Crippen molar-refractivity contribution in [2.24, 2.45) is 0 Å². The average Bonchev–Trinajstić information content (AvgIpc) is 3.79. The maximum atomic E-state index is 2.66. The highest BCUT2D eigenvalue weighted by Crippen LogP contribution is 2.46. The molecule has 0 aliphatic heterocycles.